The molecule has 24 heavy (non-hydrogen) atoms. The number of carbonyl (C=O) groups excluding carboxylic acids is 3. The fourth-order valence-electron chi connectivity index (χ4n) is 3.07. The fourth-order valence-corrected chi connectivity index (χ4v) is 3.07. The van der Waals surface area contributed by atoms with Crippen LogP contribution in [0.15, 0.2) is 0 Å². The van der Waals surface area contributed by atoms with E-state index in [1.165, 1.54) is 4.90 Å². The third kappa shape index (κ3) is 4.81. The number of hydrogen-bond acceptors (Lipinski definition) is 5. The Morgan fingerprint density at radius 1 is 1.38 bits per heavy atom. The van der Waals surface area contributed by atoms with Crippen molar-refractivity contribution in [1.29, 1.82) is 0 Å². The Balaban J connectivity index is 0.00000288. The standard InChI is InChI=1S/C15H27N5O3.ClH/c1-15(2)13(22)20(14(23)18-15)9-8-19-7-3-4-11(10-19)12(21)17-6-5-16;/h11H,3-10,16H2,1-2H3,(H,17,21)(H,18,23);1H. The van der Waals surface area contributed by atoms with Gasteiger partial charge in [-0.3, -0.25) is 14.5 Å². The number of piperidine rings is 1. The molecule has 0 aromatic carbocycles. The predicted molar refractivity (Wildman–Crippen MR) is 92.8 cm³/mol. The fraction of sp³-hybridized carbons (Fsp3) is 0.800. The zero-order valence-corrected chi connectivity index (χ0v) is 15.2. The first kappa shape index (κ1) is 20.7. The van der Waals surface area contributed by atoms with Crippen molar-refractivity contribution in [3.8, 4) is 0 Å². The normalized spacial score (nSPS) is 23.6. The third-order valence-corrected chi connectivity index (χ3v) is 4.40. The minimum absolute atomic E-state index is 0. The average Bonchev–Trinajstić information content (AvgIpc) is 2.71. The Hall–Kier alpha value is -1.38. The van der Waals surface area contributed by atoms with Gasteiger partial charge in [0.1, 0.15) is 5.54 Å². The summed E-state index contributed by atoms with van der Waals surface area (Å²) >= 11 is 0. The van der Waals surface area contributed by atoms with E-state index in [2.05, 4.69) is 15.5 Å². The third-order valence-electron chi connectivity index (χ3n) is 4.40. The lowest BCUT2D eigenvalue weighted by Gasteiger charge is -2.32. The number of nitrogens with zero attached hydrogens (tertiary/aromatic N) is 2. The molecule has 0 radical (unpaired) electrons. The highest BCUT2D eigenvalue weighted by atomic mass is 35.5. The summed E-state index contributed by atoms with van der Waals surface area (Å²) in [4.78, 5) is 39.4. The number of rotatable bonds is 6. The summed E-state index contributed by atoms with van der Waals surface area (Å²) in [6.45, 7) is 6.81. The topological polar surface area (TPSA) is 108 Å². The zero-order valence-electron chi connectivity index (χ0n) is 14.3. The molecule has 4 amide bonds. The van der Waals surface area contributed by atoms with Gasteiger partial charge in [0.2, 0.25) is 5.91 Å². The summed E-state index contributed by atoms with van der Waals surface area (Å²) in [6, 6.07) is -0.339. The van der Waals surface area contributed by atoms with Gasteiger partial charge in [0, 0.05) is 32.7 Å². The molecule has 0 saturated carbocycles. The quantitative estimate of drug-likeness (QED) is 0.554. The average molecular weight is 362 g/mol. The van der Waals surface area contributed by atoms with Crippen molar-refractivity contribution in [3.05, 3.63) is 0 Å². The van der Waals surface area contributed by atoms with Crippen molar-refractivity contribution < 1.29 is 14.4 Å². The number of carbonyl (C=O) groups is 3. The molecule has 0 bridgehead atoms. The number of hydrogen-bond donors (Lipinski definition) is 3. The van der Waals surface area contributed by atoms with Gasteiger partial charge < -0.3 is 21.3 Å². The number of likely N-dealkylation sites (tertiary alicyclic amines) is 1. The molecule has 1 atom stereocenters. The van der Waals surface area contributed by atoms with Gasteiger partial charge in [0.15, 0.2) is 0 Å². The van der Waals surface area contributed by atoms with Gasteiger partial charge in [-0.2, -0.15) is 0 Å². The number of nitrogens with one attached hydrogen (secondary N) is 2. The SMILES string of the molecule is CC1(C)NC(=O)N(CCN2CCCC(C(=O)NCCN)C2)C1=O.Cl. The maximum atomic E-state index is 12.1. The van der Waals surface area contributed by atoms with Crippen molar-refractivity contribution in [2.75, 3.05) is 39.3 Å². The van der Waals surface area contributed by atoms with Gasteiger partial charge in [-0.1, -0.05) is 0 Å². The van der Waals surface area contributed by atoms with Crippen LogP contribution in [0.25, 0.3) is 0 Å². The molecule has 0 aromatic rings. The highest BCUT2D eigenvalue weighted by Gasteiger charge is 2.44. The Morgan fingerprint density at radius 3 is 2.67 bits per heavy atom. The maximum absolute atomic E-state index is 12.1. The van der Waals surface area contributed by atoms with E-state index in [4.69, 9.17) is 5.73 Å². The molecule has 0 aromatic heterocycles. The summed E-state index contributed by atoms with van der Waals surface area (Å²) in [5.41, 5.74) is 4.57. The van der Waals surface area contributed by atoms with Crippen LogP contribution in [-0.2, 0) is 9.59 Å². The first-order chi connectivity index (χ1) is 10.8. The first-order valence-electron chi connectivity index (χ1n) is 8.19. The molecule has 2 saturated heterocycles. The second-order valence-corrected chi connectivity index (χ2v) is 6.73. The van der Waals surface area contributed by atoms with Crippen LogP contribution in [0.4, 0.5) is 4.79 Å². The largest absolute Gasteiger partial charge is 0.355 e. The smallest absolute Gasteiger partial charge is 0.325 e. The van der Waals surface area contributed by atoms with Gasteiger partial charge in [-0.15, -0.1) is 12.4 Å². The van der Waals surface area contributed by atoms with E-state index >= 15 is 0 Å². The molecule has 2 rings (SSSR count). The van der Waals surface area contributed by atoms with Gasteiger partial charge in [-0.05, 0) is 33.2 Å². The van der Waals surface area contributed by atoms with Gasteiger partial charge in [-0.25, -0.2) is 4.79 Å². The van der Waals surface area contributed by atoms with E-state index in [0.717, 1.165) is 19.4 Å². The lowest BCUT2D eigenvalue weighted by atomic mass is 9.97. The van der Waals surface area contributed by atoms with Crippen molar-refractivity contribution in [3.63, 3.8) is 0 Å². The summed E-state index contributed by atoms with van der Waals surface area (Å²) in [5.74, 6) is -0.206. The van der Waals surface area contributed by atoms with Crippen LogP contribution in [0.5, 0.6) is 0 Å². The Morgan fingerprint density at radius 2 is 2.08 bits per heavy atom. The van der Waals surface area contributed by atoms with Crippen LogP contribution in [-0.4, -0.2) is 72.5 Å². The molecule has 8 nitrogen and oxygen atoms in total. The van der Waals surface area contributed by atoms with E-state index in [0.29, 0.717) is 32.7 Å². The maximum Gasteiger partial charge on any atom is 0.325 e. The Kier molecular flexibility index (Phi) is 7.44. The molecule has 0 spiro atoms. The lowest BCUT2D eigenvalue weighted by Crippen LogP contribution is -2.47. The van der Waals surface area contributed by atoms with Crippen LogP contribution >= 0.6 is 12.4 Å². The monoisotopic (exact) mass is 361 g/mol. The van der Waals surface area contributed by atoms with Gasteiger partial charge >= 0.3 is 6.03 Å². The summed E-state index contributed by atoms with van der Waals surface area (Å²) in [6.07, 6.45) is 1.80. The number of halogens is 1. The molecule has 0 aliphatic carbocycles. The van der Waals surface area contributed by atoms with E-state index in [-0.39, 0.29) is 36.2 Å². The summed E-state index contributed by atoms with van der Waals surface area (Å²) in [5, 5.41) is 5.50. The minimum Gasteiger partial charge on any atom is -0.355 e. The molecule has 1 unspecified atom stereocenters. The highest BCUT2D eigenvalue weighted by molar-refractivity contribution is 6.06. The van der Waals surface area contributed by atoms with Crippen molar-refractivity contribution >= 4 is 30.3 Å². The number of urea groups is 1. The molecule has 138 valence electrons. The van der Waals surface area contributed by atoms with Crippen LogP contribution in [0, 0.1) is 5.92 Å². The van der Waals surface area contributed by atoms with Crippen LogP contribution < -0.4 is 16.4 Å². The second kappa shape index (κ2) is 8.64. The molecular formula is C15H28ClN5O3. The summed E-state index contributed by atoms with van der Waals surface area (Å²) < 4.78 is 0. The van der Waals surface area contributed by atoms with E-state index in [1.54, 1.807) is 13.8 Å². The van der Waals surface area contributed by atoms with Crippen molar-refractivity contribution in [1.82, 2.24) is 20.4 Å². The zero-order chi connectivity index (χ0) is 17.0. The molecule has 9 heteroatoms. The number of amides is 4. The molecule has 2 aliphatic rings. The minimum atomic E-state index is -0.830. The second-order valence-electron chi connectivity index (χ2n) is 6.73. The first-order valence-corrected chi connectivity index (χ1v) is 8.19. The van der Waals surface area contributed by atoms with Gasteiger partial charge in [0.05, 0.1) is 5.92 Å². The lowest BCUT2D eigenvalue weighted by molar-refractivity contribution is -0.131. The summed E-state index contributed by atoms with van der Waals surface area (Å²) in [7, 11) is 0. The molecular weight excluding hydrogens is 334 g/mol. The molecule has 4 N–H and O–H groups in total. The molecule has 2 heterocycles. The van der Waals surface area contributed by atoms with Crippen LogP contribution in [0.2, 0.25) is 0 Å². The number of nitrogens with two attached hydrogens (primary N) is 1. The molecule has 2 aliphatic heterocycles. The van der Waals surface area contributed by atoms with Gasteiger partial charge in [0.25, 0.3) is 5.91 Å². The van der Waals surface area contributed by atoms with Crippen molar-refractivity contribution in [2.45, 2.75) is 32.2 Å². The predicted octanol–water partition coefficient (Wildman–Crippen LogP) is -0.474. The molecule has 2 fully saturated rings. The van der Waals surface area contributed by atoms with E-state index in [9.17, 15) is 14.4 Å². The van der Waals surface area contributed by atoms with Crippen LogP contribution in [0.1, 0.15) is 26.7 Å². The Labute approximate surface area is 148 Å². The van der Waals surface area contributed by atoms with Crippen LogP contribution in [0.3, 0.4) is 0 Å². The van der Waals surface area contributed by atoms with Crippen molar-refractivity contribution in [2.24, 2.45) is 11.7 Å². The Bertz CT molecular complexity index is 486. The van der Waals surface area contributed by atoms with E-state index in [1.807, 2.05) is 0 Å². The highest BCUT2D eigenvalue weighted by Crippen LogP contribution is 2.19. The number of imide groups is 1. The van der Waals surface area contributed by atoms with E-state index < -0.39 is 5.54 Å².